The van der Waals surface area contributed by atoms with Gasteiger partial charge in [-0.05, 0) is 112 Å². The maximum atomic E-state index is 2.38. The van der Waals surface area contributed by atoms with Gasteiger partial charge in [0.1, 0.15) is 0 Å². The lowest BCUT2D eigenvalue weighted by molar-refractivity contribution is 1.22. The van der Waals surface area contributed by atoms with Crippen LogP contribution in [-0.4, -0.2) is 0 Å². The van der Waals surface area contributed by atoms with Crippen molar-refractivity contribution < 1.29 is 0 Å². The van der Waals surface area contributed by atoms with E-state index in [1.165, 1.54) is 44.4 Å². The molecule has 0 fully saturated rings. The summed E-state index contributed by atoms with van der Waals surface area (Å²) in [6.45, 7) is 0. The fourth-order valence-electron chi connectivity index (χ4n) is 6.40. The summed E-state index contributed by atoms with van der Waals surface area (Å²) in [5.74, 6) is 0. The molecule has 0 aromatic heterocycles. The van der Waals surface area contributed by atoms with Crippen molar-refractivity contribution in [3.63, 3.8) is 0 Å². The molecule has 0 saturated heterocycles. The molecule has 0 amide bonds. The lowest BCUT2D eigenvalue weighted by Gasteiger charge is -2.26. The smallest absolute Gasteiger partial charge is 0.0468 e. The fraction of sp³-hybridized carbons (Fsp3) is 0.0244. The second kappa shape index (κ2) is 10.7. The molecule has 0 radical (unpaired) electrons. The predicted molar refractivity (Wildman–Crippen MR) is 182 cm³/mol. The fourth-order valence-corrected chi connectivity index (χ4v) is 6.40. The molecule has 0 saturated carbocycles. The van der Waals surface area contributed by atoms with E-state index in [0.29, 0.717) is 0 Å². The lowest BCUT2D eigenvalue weighted by atomic mass is 10.0. The van der Waals surface area contributed by atoms with Crippen LogP contribution in [0.25, 0.3) is 21.9 Å². The van der Waals surface area contributed by atoms with Crippen molar-refractivity contribution in [3.05, 3.63) is 181 Å². The first-order chi connectivity index (χ1) is 21.3. The summed E-state index contributed by atoms with van der Waals surface area (Å²) < 4.78 is 0. The molecule has 0 atom stereocenters. The molecule has 0 aliphatic heterocycles. The minimum atomic E-state index is 0.907. The van der Waals surface area contributed by atoms with Gasteiger partial charge in [-0.2, -0.15) is 0 Å². The van der Waals surface area contributed by atoms with E-state index in [2.05, 4.69) is 180 Å². The highest BCUT2D eigenvalue weighted by molar-refractivity contribution is 5.90. The van der Waals surface area contributed by atoms with Crippen LogP contribution >= 0.6 is 0 Å². The Hall–Kier alpha value is -5.60. The molecule has 1 aliphatic carbocycles. The third-order valence-electron chi connectivity index (χ3n) is 8.40. The third kappa shape index (κ3) is 4.64. The topological polar surface area (TPSA) is 6.48 Å². The highest BCUT2D eigenvalue weighted by atomic mass is 15.1. The van der Waals surface area contributed by atoms with Gasteiger partial charge in [0.2, 0.25) is 0 Å². The van der Waals surface area contributed by atoms with Gasteiger partial charge in [0, 0.05) is 34.1 Å². The number of rotatable bonds is 6. The molecule has 1 aliphatic rings. The molecule has 7 aromatic carbocycles. The van der Waals surface area contributed by atoms with Crippen molar-refractivity contribution in [2.75, 3.05) is 9.80 Å². The van der Waals surface area contributed by atoms with Crippen molar-refractivity contribution in [1.82, 2.24) is 0 Å². The second-order valence-corrected chi connectivity index (χ2v) is 11.1. The minimum absolute atomic E-state index is 0.907. The van der Waals surface area contributed by atoms with Crippen LogP contribution < -0.4 is 9.80 Å². The first-order valence-electron chi connectivity index (χ1n) is 14.8. The molecular weight excluding hydrogens is 520 g/mol. The van der Waals surface area contributed by atoms with E-state index in [9.17, 15) is 0 Å². The van der Waals surface area contributed by atoms with Crippen LogP contribution in [0.3, 0.4) is 0 Å². The number of benzene rings is 7. The Morgan fingerprint density at radius 3 is 1.21 bits per heavy atom. The summed E-state index contributed by atoms with van der Waals surface area (Å²) in [6, 6.07) is 61.1. The summed E-state index contributed by atoms with van der Waals surface area (Å²) in [6.07, 6.45) is 0.907. The van der Waals surface area contributed by atoms with Crippen LogP contribution in [0.1, 0.15) is 11.1 Å². The summed E-state index contributed by atoms with van der Waals surface area (Å²) in [4.78, 5) is 4.71. The highest BCUT2D eigenvalue weighted by Gasteiger charge is 2.23. The van der Waals surface area contributed by atoms with Crippen molar-refractivity contribution in [1.29, 1.82) is 0 Å². The minimum Gasteiger partial charge on any atom is -0.310 e. The third-order valence-corrected chi connectivity index (χ3v) is 8.40. The van der Waals surface area contributed by atoms with Gasteiger partial charge < -0.3 is 9.80 Å². The van der Waals surface area contributed by atoms with Gasteiger partial charge in [0.05, 0.1) is 0 Å². The van der Waals surface area contributed by atoms with Crippen LogP contribution in [0.4, 0.5) is 34.1 Å². The van der Waals surface area contributed by atoms with Gasteiger partial charge in [-0.15, -0.1) is 0 Å². The summed E-state index contributed by atoms with van der Waals surface area (Å²) in [5.41, 5.74) is 12.3. The van der Waals surface area contributed by atoms with Crippen LogP contribution in [0.2, 0.25) is 0 Å². The highest BCUT2D eigenvalue weighted by Crippen LogP contribution is 2.44. The standard InChI is InChI=1S/C41H30N2/c1-4-14-34(15-5-1)42(35-16-6-2-7-17-35)38-22-24-40-32(28-38)26-33-29-39(23-25-41(33)40)43(36-18-8-3-9-19-36)37-21-20-30-12-10-11-13-31(30)27-37/h1-25,27-29H,26H2. The summed E-state index contributed by atoms with van der Waals surface area (Å²) in [5, 5.41) is 2.49. The molecule has 0 unspecified atom stereocenters. The Balaban J connectivity index is 1.19. The van der Waals surface area contributed by atoms with Gasteiger partial charge >= 0.3 is 0 Å². The zero-order valence-electron chi connectivity index (χ0n) is 23.8. The predicted octanol–water partition coefficient (Wildman–Crippen LogP) is 11.4. The Bertz CT molecular complexity index is 2010. The van der Waals surface area contributed by atoms with Gasteiger partial charge in [-0.25, -0.2) is 0 Å². The molecule has 43 heavy (non-hydrogen) atoms. The Morgan fingerprint density at radius 2 is 0.698 bits per heavy atom. The largest absolute Gasteiger partial charge is 0.310 e. The number of hydrogen-bond donors (Lipinski definition) is 0. The molecule has 7 aromatic rings. The van der Waals surface area contributed by atoms with Crippen molar-refractivity contribution in [3.8, 4) is 11.1 Å². The first kappa shape index (κ1) is 25.1. The molecular formula is C41H30N2. The Labute approximate surface area is 252 Å². The molecule has 8 rings (SSSR count). The van der Waals surface area contributed by atoms with Crippen molar-refractivity contribution >= 4 is 44.9 Å². The summed E-state index contributed by atoms with van der Waals surface area (Å²) >= 11 is 0. The Kier molecular flexibility index (Phi) is 6.23. The van der Waals surface area contributed by atoms with Crippen molar-refractivity contribution in [2.45, 2.75) is 6.42 Å². The van der Waals surface area contributed by atoms with E-state index in [1.54, 1.807) is 0 Å². The lowest BCUT2D eigenvalue weighted by Crippen LogP contribution is -2.10. The molecule has 0 spiro atoms. The maximum absolute atomic E-state index is 2.38. The van der Waals surface area contributed by atoms with E-state index in [-0.39, 0.29) is 0 Å². The van der Waals surface area contributed by atoms with Gasteiger partial charge in [-0.3, -0.25) is 0 Å². The normalized spacial score (nSPS) is 11.6. The molecule has 0 heterocycles. The number of hydrogen-bond acceptors (Lipinski definition) is 2. The van der Waals surface area contributed by atoms with Crippen LogP contribution in [0.15, 0.2) is 170 Å². The number of nitrogens with zero attached hydrogens (tertiary/aromatic N) is 2. The van der Waals surface area contributed by atoms with Gasteiger partial charge in [-0.1, -0.05) is 97.1 Å². The van der Waals surface area contributed by atoms with E-state index in [4.69, 9.17) is 0 Å². The zero-order chi connectivity index (χ0) is 28.6. The SMILES string of the molecule is c1ccc(N(c2ccccc2)c2ccc3c(c2)Cc2cc(N(c4ccccc4)c4ccc5ccccc5c4)ccc2-3)cc1. The average Bonchev–Trinajstić information content (AvgIpc) is 3.44. The van der Waals surface area contributed by atoms with Crippen LogP contribution in [0, 0.1) is 0 Å². The first-order valence-corrected chi connectivity index (χ1v) is 14.8. The van der Waals surface area contributed by atoms with E-state index < -0.39 is 0 Å². The molecule has 0 N–H and O–H groups in total. The average molecular weight is 551 g/mol. The van der Waals surface area contributed by atoms with E-state index in [1.807, 2.05) is 0 Å². The van der Waals surface area contributed by atoms with Crippen LogP contribution in [-0.2, 0) is 6.42 Å². The quantitative estimate of drug-likeness (QED) is 0.203. The number of para-hydroxylation sites is 3. The summed E-state index contributed by atoms with van der Waals surface area (Å²) in [7, 11) is 0. The Morgan fingerprint density at radius 1 is 0.302 bits per heavy atom. The van der Waals surface area contributed by atoms with Gasteiger partial charge in [0.25, 0.3) is 0 Å². The molecule has 204 valence electrons. The number of anilines is 6. The monoisotopic (exact) mass is 550 g/mol. The second-order valence-electron chi connectivity index (χ2n) is 11.1. The molecule has 2 nitrogen and oxygen atoms in total. The van der Waals surface area contributed by atoms with E-state index in [0.717, 1.165) is 29.2 Å². The van der Waals surface area contributed by atoms with E-state index >= 15 is 0 Å². The van der Waals surface area contributed by atoms with Gasteiger partial charge in [0.15, 0.2) is 0 Å². The van der Waals surface area contributed by atoms with Crippen LogP contribution in [0.5, 0.6) is 0 Å². The molecule has 2 heteroatoms. The maximum Gasteiger partial charge on any atom is 0.0468 e. The molecule has 0 bridgehead atoms. The number of fused-ring (bicyclic) bond motifs is 4. The zero-order valence-corrected chi connectivity index (χ0v) is 23.8. The van der Waals surface area contributed by atoms with Crippen molar-refractivity contribution in [2.24, 2.45) is 0 Å².